The van der Waals surface area contributed by atoms with Gasteiger partial charge in [0.1, 0.15) is 13.2 Å². The van der Waals surface area contributed by atoms with Gasteiger partial charge >= 0.3 is 17.9 Å². The second-order valence-electron chi connectivity index (χ2n) is 7.54. The number of methoxy groups -OCH3 is 2. The third-order valence-electron chi connectivity index (χ3n) is 5.35. The van der Waals surface area contributed by atoms with Crippen LogP contribution in [0.3, 0.4) is 0 Å². The number of carbonyl (C=O) groups excluding carboxylic acids is 3. The Kier molecular flexibility index (Phi) is 9.14. The minimum absolute atomic E-state index is 0.0747. The molecule has 0 radical (unpaired) electrons. The van der Waals surface area contributed by atoms with Crippen LogP contribution < -0.4 is 5.32 Å². The lowest BCUT2D eigenvalue weighted by Gasteiger charge is -2.31. The first-order chi connectivity index (χ1) is 17.3. The summed E-state index contributed by atoms with van der Waals surface area (Å²) in [6.07, 6.45) is 0. The smallest absolute Gasteiger partial charge is 0.336 e. The highest BCUT2D eigenvalue weighted by Crippen LogP contribution is 2.41. The molecule has 0 saturated carbocycles. The first-order valence-corrected chi connectivity index (χ1v) is 11.3. The quantitative estimate of drug-likeness (QED) is 0.361. The van der Waals surface area contributed by atoms with Gasteiger partial charge in [-0.05, 0) is 35.9 Å². The number of ether oxygens (including phenoxy) is 4. The summed E-state index contributed by atoms with van der Waals surface area (Å²) in [6, 6.07) is 6.90. The van der Waals surface area contributed by atoms with Crippen molar-refractivity contribution in [1.29, 1.82) is 0 Å². The molecule has 192 valence electrons. The van der Waals surface area contributed by atoms with Crippen molar-refractivity contribution in [1.82, 2.24) is 25.5 Å². The Morgan fingerprint density at radius 2 is 1.83 bits per heavy atom. The zero-order chi connectivity index (χ0) is 26.2. The van der Waals surface area contributed by atoms with Crippen LogP contribution in [0.5, 0.6) is 0 Å². The van der Waals surface area contributed by atoms with E-state index >= 15 is 0 Å². The van der Waals surface area contributed by atoms with Gasteiger partial charge in [0.15, 0.2) is 5.82 Å². The topological polar surface area (TPSA) is 144 Å². The second kappa shape index (κ2) is 12.3. The highest BCUT2D eigenvalue weighted by Gasteiger charge is 2.39. The average molecular weight is 520 g/mol. The number of carbonyl (C=O) groups is 3. The molecule has 1 aromatic carbocycles. The fraction of sp³-hybridized carbons (Fsp3) is 0.391. The number of nitrogens with zero attached hydrogens (tertiary/aromatic N) is 4. The molecule has 1 aliphatic rings. The van der Waals surface area contributed by atoms with Crippen LogP contribution in [0.1, 0.15) is 31.2 Å². The Bertz CT molecular complexity index is 1210. The molecular formula is C23H26ClN5O7. The molecule has 0 fully saturated rings. The van der Waals surface area contributed by atoms with Crippen molar-refractivity contribution in [2.75, 3.05) is 27.4 Å². The molecule has 1 unspecified atom stereocenters. The summed E-state index contributed by atoms with van der Waals surface area (Å²) < 4.78 is 22.0. The number of nitrogens with one attached hydrogen (secondary N) is 1. The summed E-state index contributed by atoms with van der Waals surface area (Å²) in [6.45, 7) is 3.13. The van der Waals surface area contributed by atoms with Crippen molar-refractivity contribution in [2.24, 2.45) is 0 Å². The van der Waals surface area contributed by atoms with Crippen LogP contribution in [0.2, 0.25) is 5.02 Å². The van der Waals surface area contributed by atoms with Crippen molar-refractivity contribution >= 4 is 29.5 Å². The van der Waals surface area contributed by atoms with E-state index in [1.165, 1.54) is 18.9 Å². The predicted octanol–water partition coefficient (Wildman–Crippen LogP) is 1.67. The summed E-state index contributed by atoms with van der Waals surface area (Å²) >= 11 is 6.49. The SMILES string of the molecule is CCOC(=O)C1=C(COCc2nnnn2CC(=O)OC)NC(C)=C(C(=O)OC)C1c1ccccc1Cl. The van der Waals surface area contributed by atoms with Gasteiger partial charge in [-0.2, -0.15) is 0 Å². The highest BCUT2D eigenvalue weighted by molar-refractivity contribution is 6.31. The summed E-state index contributed by atoms with van der Waals surface area (Å²) in [7, 11) is 2.52. The van der Waals surface area contributed by atoms with Crippen LogP contribution >= 0.6 is 11.6 Å². The van der Waals surface area contributed by atoms with Gasteiger partial charge in [-0.1, -0.05) is 29.8 Å². The summed E-state index contributed by atoms with van der Waals surface area (Å²) in [5, 5.41) is 14.6. The minimum atomic E-state index is -0.866. The summed E-state index contributed by atoms with van der Waals surface area (Å²) in [5.41, 5.74) is 1.75. The molecule has 1 N–H and O–H groups in total. The van der Waals surface area contributed by atoms with Crippen LogP contribution in [-0.2, 0) is 46.5 Å². The van der Waals surface area contributed by atoms with Crippen molar-refractivity contribution in [3.63, 3.8) is 0 Å². The molecule has 0 aliphatic carbocycles. The number of esters is 3. The van der Waals surface area contributed by atoms with Crippen molar-refractivity contribution in [2.45, 2.75) is 32.9 Å². The predicted molar refractivity (Wildman–Crippen MR) is 125 cm³/mol. The van der Waals surface area contributed by atoms with E-state index in [4.69, 9.17) is 25.8 Å². The maximum absolute atomic E-state index is 13.2. The monoisotopic (exact) mass is 519 g/mol. The van der Waals surface area contributed by atoms with E-state index in [0.717, 1.165) is 0 Å². The summed E-state index contributed by atoms with van der Waals surface area (Å²) in [5.74, 6) is -2.37. The fourth-order valence-corrected chi connectivity index (χ4v) is 3.99. The maximum Gasteiger partial charge on any atom is 0.336 e. The third-order valence-corrected chi connectivity index (χ3v) is 5.70. The van der Waals surface area contributed by atoms with Crippen LogP contribution in [0, 0.1) is 0 Å². The van der Waals surface area contributed by atoms with E-state index in [0.29, 0.717) is 22.0 Å². The standard InChI is InChI=1S/C23H26ClN5O7/c1-5-36-23(32)21-16(11-35-12-17-26-27-28-29(17)10-18(30)33-3)25-13(2)19(22(31)34-4)20(21)14-8-6-7-9-15(14)24/h6-9,20,25H,5,10-12H2,1-4H3. The van der Waals surface area contributed by atoms with E-state index in [1.54, 1.807) is 38.1 Å². The van der Waals surface area contributed by atoms with Crippen LogP contribution in [0.4, 0.5) is 0 Å². The molecule has 1 aliphatic heterocycles. The van der Waals surface area contributed by atoms with Crippen LogP contribution in [-0.4, -0.2) is 65.5 Å². The number of rotatable bonds is 10. The lowest BCUT2D eigenvalue weighted by molar-refractivity contribution is -0.142. The van der Waals surface area contributed by atoms with Gasteiger partial charge in [0, 0.05) is 10.7 Å². The Balaban J connectivity index is 1.99. The Labute approximate surface area is 212 Å². The van der Waals surface area contributed by atoms with E-state index in [9.17, 15) is 14.4 Å². The fourth-order valence-electron chi connectivity index (χ4n) is 3.74. The molecule has 13 heteroatoms. The number of hydrogen-bond acceptors (Lipinski definition) is 11. The normalized spacial score (nSPS) is 15.4. The molecule has 2 aromatic rings. The van der Waals surface area contributed by atoms with E-state index < -0.39 is 23.8 Å². The number of dihydropyridines is 1. The van der Waals surface area contributed by atoms with Crippen LogP contribution in [0.25, 0.3) is 0 Å². The largest absolute Gasteiger partial charge is 0.468 e. The molecule has 12 nitrogen and oxygen atoms in total. The van der Waals surface area contributed by atoms with Gasteiger partial charge in [0.2, 0.25) is 0 Å². The van der Waals surface area contributed by atoms with Crippen molar-refractivity contribution < 1.29 is 33.3 Å². The first-order valence-electron chi connectivity index (χ1n) is 10.9. The van der Waals surface area contributed by atoms with Gasteiger partial charge in [-0.3, -0.25) is 4.79 Å². The molecule has 0 spiro atoms. The molecule has 0 saturated heterocycles. The van der Waals surface area contributed by atoms with Crippen molar-refractivity contribution in [3.05, 3.63) is 63.2 Å². The molecule has 1 atom stereocenters. The first kappa shape index (κ1) is 26.8. The molecule has 0 amide bonds. The molecule has 0 bridgehead atoms. The zero-order valence-electron chi connectivity index (χ0n) is 20.2. The van der Waals surface area contributed by atoms with Crippen molar-refractivity contribution in [3.8, 4) is 0 Å². The van der Waals surface area contributed by atoms with Gasteiger partial charge in [0.25, 0.3) is 0 Å². The maximum atomic E-state index is 13.2. The number of tetrazole rings is 1. The number of benzene rings is 1. The molecular weight excluding hydrogens is 494 g/mol. The second-order valence-corrected chi connectivity index (χ2v) is 7.95. The zero-order valence-corrected chi connectivity index (χ0v) is 21.0. The third kappa shape index (κ3) is 5.89. The Hall–Kier alpha value is -3.77. The number of halogens is 1. The van der Waals surface area contributed by atoms with E-state index in [1.807, 2.05) is 0 Å². The summed E-state index contributed by atoms with van der Waals surface area (Å²) in [4.78, 5) is 37.6. The molecule has 1 aromatic heterocycles. The van der Waals surface area contributed by atoms with E-state index in [-0.39, 0.29) is 43.3 Å². The lowest BCUT2D eigenvalue weighted by Crippen LogP contribution is -2.34. The number of allylic oxidation sites excluding steroid dienone is 1. The Morgan fingerprint density at radius 1 is 1.08 bits per heavy atom. The number of hydrogen-bond donors (Lipinski definition) is 1. The molecule has 36 heavy (non-hydrogen) atoms. The Morgan fingerprint density at radius 3 is 2.50 bits per heavy atom. The molecule has 2 heterocycles. The van der Waals surface area contributed by atoms with Gasteiger partial charge in [-0.25, -0.2) is 14.3 Å². The van der Waals surface area contributed by atoms with Gasteiger partial charge < -0.3 is 24.3 Å². The van der Waals surface area contributed by atoms with Gasteiger partial charge in [-0.15, -0.1) is 5.10 Å². The highest BCUT2D eigenvalue weighted by atomic mass is 35.5. The van der Waals surface area contributed by atoms with E-state index in [2.05, 4.69) is 25.6 Å². The minimum Gasteiger partial charge on any atom is -0.468 e. The average Bonchev–Trinajstić information content (AvgIpc) is 3.30. The molecule has 3 rings (SSSR count). The lowest BCUT2D eigenvalue weighted by atomic mass is 9.80. The van der Waals surface area contributed by atoms with Crippen LogP contribution in [0.15, 0.2) is 46.8 Å². The van der Waals surface area contributed by atoms with Gasteiger partial charge in [0.05, 0.1) is 50.2 Å². The number of aromatic nitrogens is 4.